The van der Waals surface area contributed by atoms with Gasteiger partial charge in [0.25, 0.3) is 0 Å². The van der Waals surface area contributed by atoms with Crippen molar-refractivity contribution >= 4 is 28.7 Å². The number of benzene rings is 1. The van der Waals surface area contributed by atoms with Crippen molar-refractivity contribution in [1.82, 2.24) is 20.1 Å². The molecule has 0 bridgehead atoms. The summed E-state index contributed by atoms with van der Waals surface area (Å²) in [7, 11) is 0. The highest BCUT2D eigenvalue weighted by atomic mass is 19.4. The molecule has 0 spiro atoms. The average Bonchev–Trinajstić information content (AvgIpc) is 2.96. The number of rotatable bonds is 5. The number of nitrogens with zero attached hydrogens (tertiary/aromatic N) is 3. The molecule has 1 amide bonds. The van der Waals surface area contributed by atoms with Gasteiger partial charge >= 0.3 is 12.1 Å². The Morgan fingerprint density at radius 2 is 1.93 bits per heavy atom. The molecule has 0 aliphatic rings. The highest BCUT2D eigenvalue weighted by Gasteiger charge is 2.36. The number of hydrogen-bond donors (Lipinski definition) is 3. The third-order valence-electron chi connectivity index (χ3n) is 4.15. The van der Waals surface area contributed by atoms with Crippen LogP contribution < -0.4 is 11.1 Å². The molecule has 0 saturated carbocycles. The number of pyridine rings is 1. The number of carbonyl (C=O) groups is 2. The van der Waals surface area contributed by atoms with Gasteiger partial charge in [-0.25, -0.2) is 9.67 Å². The van der Waals surface area contributed by atoms with Crippen LogP contribution in [0, 0.1) is 0 Å². The Kier molecular flexibility index (Phi) is 5.14. The Hall–Kier alpha value is -3.63. The smallest absolute Gasteiger partial charge is 0.417 e. The van der Waals surface area contributed by atoms with Gasteiger partial charge in [-0.2, -0.15) is 18.3 Å². The van der Waals surface area contributed by atoms with E-state index in [4.69, 9.17) is 10.8 Å². The van der Waals surface area contributed by atoms with E-state index < -0.39 is 47.4 Å². The Labute approximate surface area is 162 Å². The van der Waals surface area contributed by atoms with Gasteiger partial charge in [0.2, 0.25) is 5.91 Å². The number of nitrogens with one attached hydrogen (secondary N) is 1. The zero-order valence-electron chi connectivity index (χ0n) is 15.1. The summed E-state index contributed by atoms with van der Waals surface area (Å²) in [5.74, 6) is -2.45. The monoisotopic (exact) mass is 407 g/mol. The first-order valence-electron chi connectivity index (χ1n) is 8.39. The third kappa shape index (κ3) is 4.13. The number of carbonyl (C=O) groups excluding carboxylic acids is 1. The SMILES string of the molecule is CC(NC(=O)Cn1nc(N)c2c(C(F)(F)F)cc(-c3ccccc3)nc21)C(=O)O. The zero-order chi connectivity index (χ0) is 21.3. The van der Waals surface area contributed by atoms with Crippen LogP contribution in [0.15, 0.2) is 36.4 Å². The van der Waals surface area contributed by atoms with Crippen LogP contribution in [0.2, 0.25) is 0 Å². The van der Waals surface area contributed by atoms with Crippen LogP contribution >= 0.6 is 0 Å². The Morgan fingerprint density at radius 3 is 2.52 bits per heavy atom. The van der Waals surface area contributed by atoms with Crippen LogP contribution in [-0.4, -0.2) is 37.8 Å². The predicted octanol–water partition coefficient (Wildman–Crippen LogP) is 2.29. The molecule has 1 aromatic carbocycles. The number of anilines is 1. The fourth-order valence-corrected chi connectivity index (χ4v) is 2.77. The van der Waals surface area contributed by atoms with Crippen LogP contribution in [-0.2, 0) is 22.3 Å². The molecule has 4 N–H and O–H groups in total. The molecule has 2 aromatic heterocycles. The van der Waals surface area contributed by atoms with E-state index in [2.05, 4.69) is 15.4 Å². The maximum atomic E-state index is 13.7. The van der Waals surface area contributed by atoms with E-state index in [0.29, 0.717) is 5.56 Å². The van der Waals surface area contributed by atoms with E-state index in [1.807, 2.05) is 0 Å². The minimum atomic E-state index is -4.73. The van der Waals surface area contributed by atoms with Crippen LogP contribution in [0.4, 0.5) is 19.0 Å². The minimum absolute atomic E-state index is 0.0332. The number of hydrogen-bond acceptors (Lipinski definition) is 5. The largest absolute Gasteiger partial charge is 0.480 e. The second-order valence-corrected chi connectivity index (χ2v) is 6.29. The van der Waals surface area contributed by atoms with Gasteiger partial charge in [0.05, 0.1) is 16.6 Å². The first-order chi connectivity index (χ1) is 13.6. The van der Waals surface area contributed by atoms with Crippen LogP contribution in [0.25, 0.3) is 22.3 Å². The van der Waals surface area contributed by atoms with Crippen LogP contribution in [0.3, 0.4) is 0 Å². The fourth-order valence-electron chi connectivity index (χ4n) is 2.77. The second kappa shape index (κ2) is 7.41. The Morgan fingerprint density at radius 1 is 1.28 bits per heavy atom. The molecule has 0 aliphatic heterocycles. The maximum Gasteiger partial charge on any atom is 0.417 e. The van der Waals surface area contributed by atoms with Gasteiger partial charge < -0.3 is 16.2 Å². The van der Waals surface area contributed by atoms with Crippen molar-refractivity contribution in [1.29, 1.82) is 0 Å². The van der Waals surface area contributed by atoms with Crippen molar-refractivity contribution in [3.63, 3.8) is 0 Å². The lowest BCUT2D eigenvalue weighted by Crippen LogP contribution is -2.40. The summed E-state index contributed by atoms with van der Waals surface area (Å²) in [6.45, 7) is 0.706. The standard InChI is InChI=1S/C18H16F3N5O3/c1-9(17(28)29)23-13(27)8-26-16-14(15(22)25-26)11(18(19,20)21)7-12(24-16)10-5-3-2-4-6-10/h2-7,9H,8H2,1H3,(H2,22,25)(H,23,27)(H,28,29). The number of nitrogens with two attached hydrogens (primary N) is 1. The number of alkyl halides is 3. The summed E-state index contributed by atoms with van der Waals surface area (Å²) in [4.78, 5) is 27.2. The lowest BCUT2D eigenvalue weighted by Gasteiger charge is -2.12. The van der Waals surface area contributed by atoms with Crippen LogP contribution in [0.5, 0.6) is 0 Å². The lowest BCUT2D eigenvalue weighted by molar-refractivity contribution is -0.141. The average molecular weight is 407 g/mol. The number of fused-ring (bicyclic) bond motifs is 1. The molecule has 2 heterocycles. The molecule has 29 heavy (non-hydrogen) atoms. The number of carboxylic acid groups (broad SMARTS) is 1. The van der Waals surface area contributed by atoms with E-state index in [0.717, 1.165) is 10.7 Å². The number of nitrogen functional groups attached to an aromatic ring is 1. The number of halogens is 3. The molecule has 8 nitrogen and oxygen atoms in total. The third-order valence-corrected chi connectivity index (χ3v) is 4.15. The van der Waals surface area contributed by atoms with Gasteiger partial charge in [-0.3, -0.25) is 9.59 Å². The van der Waals surface area contributed by atoms with Gasteiger partial charge in [-0.1, -0.05) is 30.3 Å². The van der Waals surface area contributed by atoms with Crippen molar-refractivity contribution in [3.8, 4) is 11.3 Å². The summed E-state index contributed by atoms with van der Waals surface area (Å²) in [6.07, 6.45) is -4.73. The van der Waals surface area contributed by atoms with E-state index in [-0.39, 0.29) is 11.3 Å². The molecule has 0 fully saturated rings. The van der Waals surface area contributed by atoms with Crippen molar-refractivity contribution in [2.45, 2.75) is 25.7 Å². The van der Waals surface area contributed by atoms with Gasteiger partial charge in [0.15, 0.2) is 11.5 Å². The molecule has 1 atom stereocenters. The summed E-state index contributed by atoms with van der Waals surface area (Å²) >= 11 is 0. The van der Waals surface area contributed by atoms with Gasteiger partial charge in [-0.15, -0.1) is 0 Å². The summed E-state index contributed by atoms with van der Waals surface area (Å²) in [5, 5.41) is 14.5. The van der Waals surface area contributed by atoms with Crippen molar-refractivity contribution in [3.05, 3.63) is 42.0 Å². The topological polar surface area (TPSA) is 123 Å². The first-order valence-corrected chi connectivity index (χ1v) is 8.39. The van der Waals surface area contributed by atoms with E-state index in [1.165, 1.54) is 6.92 Å². The molecule has 3 rings (SSSR count). The van der Waals surface area contributed by atoms with E-state index in [1.54, 1.807) is 30.3 Å². The number of aromatic nitrogens is 3. The fraction of sp³-hybridized carbons (Fsp3) is 0.222. The molecular formula is C18H16F3N5O3. The van der Waals surface area contributed by atoms with Crippen molar-refractivity contribution < 1.29 is 27.9 Å². The molecule has 1 unspecified atom stereocenters. The molecule has 11 heteroatoms. The molecule has 3 aromatic rings. The number of aliphatic carboxylic acids is 1. The van der Waals surface area contributed by atoms with Gasteiger partial charge in [-0.05, 0) is 13.0 Å². The molecule has 0 radical (unpaired) electrons. The lowest BCUT2D eigenvalue weighted by atomic mass is 10.1. The predicted molar refractivity (Wildman–Crippen MR) is 97.6 cm³/mol. The minimum Gasteiger partial charge on any atom is -0.480 e. The van der Waals surface area contributed by atoms with E-state index >= 15 is 0 Å². The Bertz CT molecular complexity index is 1080. The highest BCUT2D eigenvalue weighted by molar-refractivity contribution is 5.93. The highest BCUT2D eigenvalue weighted by Crippen LogP contribution is 2.38. The molecule has 0 saturated heterocycles. The molecule has 152 valence electrons. The van der Waals surface area contributed by atoms with Gasteiger partial charge in [0.1, 0.15) is 12.6 Å². The molecule has 0 aliphatic carbocycles. The first kappa shape index (κ1) is 20.1. The summed E-state index contributed by atoms with van der Waals surface area (Å²) in [5.41, 5.74) is 4.91. The Balaban J connectivity index is 2.13. The van der Waals surface area contributed by atoms with E-state index in [9.17, 15) is 22.8 Å². The zero-order valence-corrected chi connectivity index (χ0v) is 15.1. The number of carboxylic acids is 1. The normalized spacial score (nSPS) is 12.7. The molecular weight excluding hydrogens is 391 g/mol. The quantitative estimate of drug-likeness (QED) is 0.596. The summed E-state index contributed by atoms with van der Waals surface area (Å²) < 4.78 is 41.9. The van der Waals surface area contributed by atoms with Gasteiger partial charge in [0, 0.05) is 5.56 Å². The van der Waals surface area contributed by atoms with Crippen molar-refractivity contribution in [2.24, 2.45) is 0 Å². The maximum absolute atomic E-state index is 13.7. The summed E-state index contributed by atoms with van der Waals surface area (Å²) in [6, 6.07) is 7.91. The second-order valence-electron chi connectivity index (χ2n) is 6.29. The number of amides is 1. The van der Waals surface area contributed by atoms with Crippen LogP contribution in [0.1, 0.15) is 12.5 Å². The van der Waals surface area contributed by atoms with Crippen molar-refractivity contribution in [2.75, 3.05) is 5.73 Å².